The molecule has 0 bridgehead atoms. The first-order valence-corrected chi connectivity index (χ1v) is 12.4. The third kappa shape index (κ3) is 3.49. The van der Waals surface area contributed by atoms with Crippen molar-refractivity contribution < 1.29 is 12.9 Å². The largest absolute Gasteiger partial charge is 0.334 e. The molecule has 1 unspecified atom stereocenters. The maximum absolute atomic E-state index is 12.8. The molecule has 2 fully saturated rings. The van der Waals surface area contributed by atoms with Crippen molar-refractivity contribution >= 4 is 21.4 Å². The Labute approximate surface area is 180 Å². The highest BCUT2D eigenvalue weighted by molar-refractivity contribution is 7.91. The van der Waals surface area contributed by atoms with E-state index in [1.165, 1.54) is 11.3 Å². The topological polar surface area (TPSA) is 79.5 Å². The Bertz CT molecular complexity index is 1100. The highest BCUT2D eigenvalue weighted by atomic mass is 32.2. The van der Waals surface area contributed by atoms with Gasteiger partial charge in [0.05, 0.1) is 6.04 Å². The highest BCUT2D eigenvalue weighted by Crippen LogP contribution is 2.48. The summed E-state index contributed by atoms with van der Waals surface area (Å²) in [6, 6.07) is 13.3. The summed E-state index contributed by atoms with van der Waals surface area (Å²) in [4.78, 5) is 6.94. The van der Waals surface area contributed by atoms with E-state index >= 15 is 0 Å². The molecule has 0 radical (unpaired) electrons. The van der Waals surface area contributed by atoms with Gasteiger partial charge in [-0.15, -0.1) is 11.3 Å². The quantitative estimate of drug-likeness (QED) is 0.611. The molecule has 2 aliphatic rings. The highest BCUT2D eigenvalue weighted by Gasteiger charge is 2.47. The summed E-state index contributed by atoms with van der Waals surface area (Å²) in [5.74, 6) is 1.25. The first-order valence-electron chi connectivity index (χ1n) is 10.1. The van der Waals surface area contributed by atoms with E-state index in [1.807, 2.05) is 35.7 Å². The van der Waals surface area contributed by atoms with Gasteiger partial charge in [0.25, 0.3) is 15.9 Å². The van der Waals surface area contributed by atoms with Crippen molar-refractivity contribution in [2.24, 2.45) is 5.41 Å². The fourth-order valence-corrected chi connectivity index (χ4v) is 7.31. The molecule has 158 valence electrons. The van der Waals surface area contributed by atoms with Crippen LogP contribution < -0.4 is 0 Å². The first kappa shape index (κ1) is 19.9. The van der Waals surface area contributed by atoms with E-state index in [-0.39, 0.29) is 11.5 Å². The van der Waals surface area contributed by atoms with E-state index in [2.05, 4.69) is 22.1 Å². The van der Waals surface area contributed by atoms with Crippen molar-refractivity contribution in [2.45, 2.75) is 29.5 Å². The average Bonchev–Trinajstić information content (AvgIpc) is 3.50. The predicted octanol–water partition coefficient (Wildman–Crippen LogP) is 3.65. The minimum absolute atomic E-state index is 0.0895. The molecular formula is C21H24N4O3S2. The number of rotatable bonds is 4. The molecule has 1 atom stereocenters. The molecule has 0 amide bonds. The van der Waals surface area contributed by atoms with Gasteiger partial charge in [-0.25, -0.2) is 8.42 Å². The molecule has 9 heteroatoms. The summed E-state index contributed by atoms with van der Waals surface area (Å²) in [7, 11) is -1.28. The lowest BCUT2D eigenvalue weighted by molar-refractivity contribution is 0.161. The lowest BCUT2D eigenvalue weighted by Crippen LogP contribution is -2.43. The third-order valence-electron chi connectivity index (χ3n) is 6.38. The molecule has 0 N–H and O–H groups in total. The molecule has 1 spiro atoms. The van der Waals surface area contributed by atoms with Crippen molar-refractivity contribution in [1.29, 1.82) is 0 Å². The van der Waals surface area contributed by atoms with Crippen molar-refractivity contribution in [3.8, 4) is 11.5 Å². The smallest absolute Gasteiger partial charge is 0.257 e. The monoisotopic (exact) mass is 444 g/mol. The van der Waals surface area contributed by atoms with Crippen molar-refractivity contribution in [3.63, 3.8) is 0 Å². The Morgan fingerprint density at radius 3 is 2.60 bits per heavy atom. The Morgan fingerprint density at radius 2 is 1.90 bits per heavy atom. The van der Waals surface area contributed by atoms with Crippen LogP contribution in [0, 0.1) is 5.41 Å². The van der Waals surface area contributed by atoms with E-state index in [4.69, 9.17) is 4.52 Å². The van der Waals surface area contributed by atoms with E-state index < -0.39 is 10.0 Å². The lowest BCUT2D eigenvalue weighted by Gasteiger charge is -2.38. The zero-order valence-corrected chi connectivity index (χ0v) is 18.4. The van der Waals surface area contributed by atoms with Gasteiger partial charge in [0.2, 0.25) is 0 Å². The maximum atomic E-state index is 12.8. The van der Waals surface area contributed by atoms with Gasteiger partial charge in [-0.3, -0.25) is 4.90 Å². The first-order chi connectivity index (χ1) is 14.5. The molecule has 4 heterocycles. The normalized spacial score (nSPS) is 22.6. The molecule has 3 aromatic rings. The van der Waals surface area contributed by atoms with Gasteiger partial charge in [-0.05, 0) is 55.3 Å². The summed E-state index contributed by atoms with van der Waals surface area (Å²) in [5, 5.41) is 6.07. The van der Waals surface area contributed by atoms with Crippen LogP contribution in [-0.4, -0.2) is 54.4 Å². The summed E-state index contributed by atoms with van der Waals surface area (Å²) in [6.45, 7) is 2.03. The van der Waals surface area contributed by atoms with Gasteiger partial charge in [-0.1, -0.05) is 29.4 Å². The van der Waals surface area contributed by atoms with Crippen LogP contribution >= 0.6 is 11.3 Å². The fourth-order valence-electron chi connectivity index (χ4n) is 4.73. The fraction of sp³-hybridized carbons (Fsp3) is 0.429. The number of nitrogens with zero attached hydrogens (tertiary/aromatic N) is 4. The van der Waals surface area contributed by atoms with E-state index in [0.717, 1.165) is 31.4 Å². The summed E-state index contributed by atoms with van der Waals surface area (Å²) in [5.41, 5.74) is 1.01. The Morgan fingerprint density at radius 1 is 1.13 bits per heavy atom. The van der Waals surface area contributed by atoms with Gasteiger partial charge >= 0.3 is 0 Å². The Kier molecular flexibility index (Phi) is 5.01. The predicted molar refractivity (Wildman–Crippen MR) is 114 cm³/mol. The average molecular weight is 445 g/mol. The summed E-state index contributed by atoms with van der Waals surface area (Å²) >= 11 is 1.28. The van der Waals surface area contributed by atoms with Gasteiger partial charge in [-0.2, -0.15) is 9.29 Å². The molecule has 0 aliphatic carbocycles. The Hall–Kier alpha value is -2.07. The molecule has 30 heavy (non-hydrogen) atoms. The minimum Gasteiger partial charge on any atom is -0.334 e. The van der Waals surface area contributed by atoms with Crippen LogP contribution in [0.15, 0.2) is 56.6 Å². The number of sulfonamides is 1. The second kappa shape index (κ2) is 7.56. The standard InChI is InChI=1S/C21H24N4O3S2/c1-24-15-21(9-11-25(12-10-21)30(26,27)18-8-5-13-29-18)14-17(24)19-22-20(28-23-19)16-6-3-2-4-7-16/h2-8,13,17H,9-12,14-15H2,1H3. The number of hydrogen-bond acceptors (Lipinski definition) is 7. The van der Waals surface area contributed by atoms with Crippen molar-refractivity contribution in [2.75, 3.05) is 26.7 Å². The number of likely N-dealkylation sites (tertiary alicyclic amines) is 1. The molecule has 2 saturated heterocycles. The van der Waals surface area contributed by atoms with Crippen LogP contribution in [0.3, 0.4) is 0 Å². The second-order valence-corrected chi connectivity index (χ2v) is 11.4. The van der Waals surface area contributed by atoms with Crippen LogP contribution in [0.2, 0.25) is 0 Å². The Balaban J connectivity index is 1.29. The third-order valence-corrected chi connectivity index (χ3v) is 9.65. The van der Waals surface area contributed by atoms with Gasteiger partial charge in [0.1, 0.15) is 4.21 Å². The van der Waals surface area contributed by atoms with Crippen molar-refractivity contribution in [3.05, 3.63) is 53.7 Å². The van der Waals surface area contributed by atoms with E-state index in [0.29, 0.717) is 29.0 Å². The number of benzene rings is 1. The minimum atomic E-state index is -3.37. The number of thiophene rings is 1. The molecule has 2 aliphatic heterocycles. The SMILES string of the molecule is CN1CC2(CCN(S(=O)(=O)c3cccs3)CC2)CC1c1noc(-c2ccccc2)n1. The summed E-state index contributed by atoms with van der Waals surface area (Å²) in [6.07, 6.45) is 2.62. The molecule has 7 nitrogen and oxygen atoms in total. The van der Waals surface area contributed by atoms with E-state index in [9.17, 15) is 8.42 Å². The summed E-state index contributed by atoms with van der Waals surface area (Å²) < 4.78 is 33.3. The van der Waals surface area contributed by atoms with Crippen LogP contribution in [0.1, 0.15) is 31.1 Å². The molecule has 2 aromatic heterocycles. The van der Waals surface area contributed by atoms with Crippen LogP contribution in [0.4, 0.5) is 0 Å². The van der Waals surface area contributed by atoms with Gasteiger partial charge in [0.15, 0.2) is 5.82 Å². The van der Waals surface area contributed by atoms with Crippen LogP contribution in [-0.2, 0) is 10.0 Å². The lowest BCUT2D eigenvalue weighted by atomic mass is 9.77. The zero-order valence-electron chi connectivity index (χ0n) is 16.8. The van der Waals surface area contributed by atoms with Crippen LogP contribution in [0.25, 0.3) is 11.5 Å². The molecule has 1 aromatic carbocycles. The number of aromatic nitrogens is 2. The van der Waals surface area contributed by atoms with Crippen molar-refractivity contribution in [1.82, 2.24) is 19.3 Å². The van der Waals surface area contributed by atoms with E-state index in [1.54, 1.807) is 16.4 Å². The second-order valence-electron chi connectivity index (χ2n) is 8.29. The number of piperidine rings is 1. The van der Waals surface area contributed by atoms with Crippen LogP contribution in [0.5, 0.6) is 0 Å². The molecule has 5 rings (SSSR count). The van der Waals surface area contributed by atoms with Gasteiger partial charge in [0, 0.05) is 25.2 Å². The molecular weight excluding hydrogens is 420 g/mol. The zero-order chi connectivity index (χ0) is 20.8. The van der Waals surface area contributed by atoms with Gasteiger partial charge < -0.3 is 4.52 Å². The maximum Gasteiger partial charge on any atom is 0.257 e. The molecule has 0 saturated carbocycles. The number of hydrogen-bond donors (Lipinski definition) is 0.